The van der Waals surface area contributed by atoms with Crippen molar-refractivity contribution in [3.05, 3.63) is 42.2 Å². The van der Waals surface area contributed by atoms with E-state index in [1.165, 1.54) is 0 Å². The molecule has 0 aliphatic carbocycles. The Balaban J connectivity index is 1.85. The number of nitrogens with zero attached hydrogens (tertiary/aromatic N) is 4. The van der Waals surface area contributed by atoms with Crippen molar-refractivity contribution in [1.82, 2.24) is 14.9 Å². The molecule has 0 radical (unpaired) electrons. The highest BCUT2D eigenvalue weighted by Gasteiger charge is 2.17. The van der Waals surface area contributed by atoms with Gasteiger partial charge in [-0.05, 0) is 13.5 Å². The van der Waals surface area contributed by atoms with Crippen molar-refractivity contribution in [2.45, 2.75) is 13.8 Å². The molecule has 4 heteroatoms. The monoisotopic (exact) mass is 282 g/mol. The summed E-state index contributed by atoms with van der Waals surface area (Å²) in [5, 5.41) is 0. The van der Waals surface area contributed by atoms with E-state index in [9.17, 15) is 0 Å². The summed E-state index contributed by atoms with van der Waals surface area (Å²) in [4.78, 5) is 14.1. The molecule has 2 heterocycles. The molecule has 3 rings (SSSR count). The smallest absolute Gasteiger partial charge is 0.132 e. The minimum atomic E-state index is 0.837. The van der Waals surface area contributed by atoms with Gasteiger partial charge in [-0.1, -0.05) is 37.3 Å². The van der Waals surface area contributed by atoms with E-state index in [0.717, 1.165) is 55.6 Å². The Morgan fingerprint density at radius 1 is 1.00 bits per heavy atom. The second-order valence-electron chi connectivity index (χ2n) is 5.45. The molecule has 1 fully saturated rings. The third-order valence-electron chi connectivity index (χ3n) is 4.04. The standard InChI is InChI=1S/C17H22N4/c1-3-20-9-11-21(12-10-20)17-13-16(18-14(2)19-17)15-7-5-4-6-8-15/h4-8,13H,3,9-12H2,1-2H3. The molecule has 2 aromatic rings. The maximum atomic E-state index is 4.63. The highest BCUT2D eigenvalue weighted by Crippen LogP contribution is 2.22. The molecule has 110 valence electrons. The number of anilines is 1. The van der Waals surface area contributed by atoms with Crippen LogP contribution in [0.3, 0.4) is 0 Å². The lowest BCUT2D eigenvalue weighted by molar-refractivity contribution is 0.270. The molecule has 1 saturated heterocycles. The first-order valence-electron chi connectivity index (χ1n) is 7.64. The normalized spacial score (nSPS) is 16.2. The Labute approximate surface area is 126 Å². The van der Waals surface area contributed by atoms with Crippen LogP contribution in [0.4, 0.5) is 5.82 Å². The number of aromatic nitrogens is 2. The van der Waals surface area contributed by atoms with Crippen LogP contribution in [0.2, 0.25) is 0 Å². The number of piperazine rings is 1. The predicted molar refractivity (Wildman–Crippen MR) is 86.5 cm³/mol. The minimum Gasteiger partial charge on any atom is -0.354 e. The lowest BCUT2D eigenvalue weighted by Crippen LogP contribution is -2.46. The van der Waals surface area contributed by atoms with Crippen LogP contribution in [0.15, 0.2) is 36.4 Å². The summed E-state index contributed by atoms with van der Waals surface area (Å²) in [6.07, 6.45) is 0. The maximum Gasteiger partial charge on any atom is 0.132 e. The average molecular weight is 282 g/mol. The summed E-state index contributed by atoms with van der Waals surface area (Å²) < 4.78 is 0. The fourth-order valence-corrected chi connectivity index (χ4v) is 2.76. The Kier molecular flexibility index (Phi) is 4.15. The summed E-state index contributed by atoms with van der Waals surface area (Å²) in [6, 6.07) is 12.4. The van der Waals surface area contributed by atoms with Crippen molar-refractivity contribution in [1.29, 1.82) is 0 Å². The van der Waals surface area contributed by atoms with Crippen molar-refractivity contribution >= 4 is 5.82 Å². The Hall–Kier alpha value is -1.94. The van der Waals surface area contributed by atoms with Gasteiger partial charge in [0, 0.05) is 37.8 Å². The number of benzene rings is 1. The molecular formula is C17H22N4. The van der Waals surface area contributed by atoms with E-state index < -0.39 is 0 Å². The Morgan fingerprint density at radius 3 is 2.38 bits per heavy atom. The van der Waals surface area contributed by atoms with Gasteiger partial charge in [0.15, 0.2) is 0 Å². The second kappa shape index (κ2) is 6.22. The third kappa shape index (κ3) is 3.22. The van der Waals surface area contributed by atoms with Crippen LogP contribution in [-0.2, 0) is 0 Å². The molecular weight excluding hydrogens is 260 g/mol. The zero-order chi connectivity index (χ0) is 14.7. The molecule has 1 aliphatic rings. The molecule has 1 aromatic heterocycles. The molecule has 0 N–H and O–H groups in total. The predicted octanol–water partition coefficient (Wildman–Crippen LogP) is 2.59. The van der Waals surface area contributed by atoms with Gasteiger partial charge < -0.3 is 9.80 Å². The van der Waals surface area contributed by atoms with Crippen molar-refractivity contribution in [3.8, 4) is 11.3 Å². The van der Waals surface area contributed by atoms with Gasteiger partial charge in [0.25, 0.3) is 0 Å². The van der Waals surface area contributed by atoms with Gasteiger partial charge in [0.2, 0.25) is 0 Å². The first-order valence-corrected chi connectivity index (χ1v) is 7.64. The van der Waals surface area contributed by atoms with E-state index in [0.29, 0.717) is 0 Å². The quantitative estimate of drug-likeness (QED) is 0.866. The van der Waals surface area contributed by atoms with Crippen molar-refractivity contribution < 1.29 is 0 Å². The minimum absolute atomic E-state index is 0.837. The SMILES string of the molecule is CCN1CCN(c2cc(-c3ccccc3)nc(C)n2)CC1. The Bertz CT molecular complexity index is 589. The highest BCUT2D eigenvalue weighted by atomic mass is 15.3. The summed E-state index contributed by atoms with van der Waals surface area (Å²) in [5.74, 6) is 1.89. The summed E-state index contributed by atoms with van der Waals surface area (Å²) in [6.45, 7) is 9.62. The van der Waals surface area contributed by atoms with E-state index in [1.54, 1.807) is 0 Å². The summed E-state index contributed by atoms with van der Waals surface area (Å²) >= 11 is 0. The van der Waals surface area contributed by atoms with Crippen LogP contribution in [0.1, 0.15) is 12.7 Å². The van der Waals surface area contributed by atoms with Crippen molar-refractivity contribution in [2.24, 2.45) is 0 Å². The molecule has 21 heavy (non-hydrogen) atoms. The number of rotatable bonds is 3. The molecule has 0 saturated carbocycles. The highest BCUT2D eigenvalue weighted by molar-refractivity contribution is 5.62. The van der Waals surface area contributed by atoms with Gasteiger partial charge in [0.05, 0.1) is 5.69 Å². The largest absolute Gasteiger partial charge is 0.354 e. The first-order chi connectivity index (χ1) is 10.3. The number of likely N-dealkylation sites (N-methyl/N-ethyl adjacent to an activating group) is 1. The van der Waals surface area contributed by atoms with Crippen LogP contribution < -0.4 is 4.90 Å². The van der Waals surface area contributed by atoms with E-state index in [1.807, 2.05) is 25.1 Å². The van der Waals surface area contributed by atoms with E-state index >= 15 is 0 Å². The lowest BCUT2D eigenvalue weighted by Gasteiger charge is -2.34. The lowest BCUT2D eigenvalue weighted by atomic mass is 10.1. The molecule has 1 aromatic carbocycles. The van der Waals surface area contributed by atoms with Crippen LogP contribution in [-0.4, -0.2) is 47.6 Å². The van der Waals surface area contributed by atoms with Crippen molar-refractivity contribution in [3.63, 3.8) is 0 Å². The number of hydrogen-bond acceptors (Lipinski definition) is 4. The maximum absolute atomic E-state index is 4.63. The van der Waals surface area contributed by atoms with Crippen LogP contribution in [0.5, 0.6) is 0 Å². The van der Waals surface area contributed by atoms with Gasteiger partial charge in [0.1, 0.15) is 11.6 Å². The van der Waals surface area contributed by atoms with E-state index in [-0.39, 0.29) is 0 Å². The number of hydrogen-bond donors (Lipinski definition) is 0. The fourth-order valence-electron chi connectivity index (χ4n) is 2.76. The molecule has 0 bridgehead atoms. The van der Waals surface area contributed by atoms with Gasteiger partial charge in [-0.15, -0.1) is 0 Å². The average Bonchev–Trinajstić information content (AvgIpc) is 2.55. The van der Waals surface area contributed by atoms with Gasteiger partial charge in [-0.3, -0.25) is 0 Å². The summed E-state index contributed by atoms with van der Waals surface area (Å²) in [7, 11) is 0. The zero-order valence-electron chi connectivity index (χ0n) is 12.8. The van der Waals surface area contributed by atoms with Gasteiger partial charge in [-0.25, -0.2) is 9.97 Å². The van der Waals surface area contributed by atoms with Crippen LogP contribution in [0.25, 0.3) is 11.3 Å². The third-order valence-corrected chi connectivity index (χ3v) is 4.04. The van der Waals surface area contributed by atoms with Crippen molar-refractivity contribution in [2.75, 3.05) is 37.6 Å². The molecule has 0 unspecified atom stereocenters. The van der Waals surface area contributed by atoms with Gasteiger partial charge >= 0.3 is 0 Å². The molecule has 0 amide bonds. The van der Waals surface area contributed by atoms with E-state index in [4.69, 9.17) is 0 Å². The van der Waals surface area contributed by atoms with E-state index in [2.05, 4.69) is 44.9 Å². The molecule has 0 spiro atoms. The zero-order valence-corrected chi connectivity index (χ0v) is 12.8. The second-order valence-corrected chi connectivity index (χ2v) is 5.45. The van der Waals surface area contributed by atoms with Crippen LogP contribution >= 0.6 is 0 Å². The topological polar surface area (TPSA) is 32.3 Å². The molecule has 0 atom stereocenters. The Morgan fingerprint density at radius 2 is 1.71 bits per heavy atom. The molecule has 1 aliphatic heterocycles. The fraction of sp³-hybridized carbons (Fsp3) is 0.412. The first kappa shape index (κ1) is 14.0. The van der Waals surface area contributed by atoms with Crippen LogP contribution in [0, 0.1) is 6.92 Å². The number of aryl methyl sites for hydroxylation is 1. The molecule has 4 nitrogen and oxygen atoms in total. The summed E-state index contributed by atoms with van der Waals surface area (Å²) in [5.41, 5.74) is 2.16. The van der Waals surface area contributed by atoms with Gasteiger partial charge in [-0.2, -0.15) is 0 Å².